The minimum Gasteiger partial charge on any atom is -0.326 e. The topological polar surface area (TPSA) is 107 Å². The van der Waals surface area contributed by atoms with E-state index in [-0.39, 0.29) is 29.1 Å². The zero-order valence-electron chi connectivity index (χ0n) is 11.3. The number of nitro benzene ring substituents is 1. The van der Waals surface area contributed by atoms with E-state index in [0.29, 0.717) is 12.1 Å². The van der Waals surface area contributed by atoms with Crippen LogP contribution in [-0.2, 0) is 10.0 Å². The van der Waals surface area contributed by atoms with Gasteiger partial charge in [0.2, 0.25) is 10.0 Å². The largest absolute Gasteiger partial charge is 0.326 e. The Morgan fingerprint density at radius 2 is 2.05 bits per heavy atom. The Bertz CT molecular complexity index is 634. The van der Waals surface area contributed by atoms with E-state index in [1.54, 1.807) is 6.92 Å². The van der Waals surface area contributed by atoms with Crippen LogP contribution in [0.25, 0.3) is 0 Å². The Morgan fingerprint density at radius 3 is 2.50 bits per heavy atom. The summed E-state index contributed by atoms with van der Waals surface area (Å²) in [4.78, 5) is 10.2. The zero-order valence-corrected chi connectivity index (χ0v) is 12.1. The number of hydrogen-bond donors (Lipinski definition) is 1. The summed E-state index contributed by atoms with van der Waals surface area (Å²) < 4.78 is 26.4. The second kappa shape index (κ2) is 5.12. The van der Waals surface area contributed by atoms with Gasteiger partial charge in [-0.2, -0.15) is 4.31 Å². The molecule has 0 saturated carbocycles. The van der Waals surface area contributed by atoms with Crippen molar-refractivity contribution < 1.29 is 13.3 Å². The number of nitrogens with two attached hydrogens (primary N) is 1. The first-order valence-electron chi connectivity index (χ1n) is 6.24. The van der Waals surface area contributed by atoms with Crippen molar-refractivity contribution in [1.82, 2.24) is 4.31 Å². The van der Waals surface area contributed by atoms with Gasteiger partial charge in [-0.3, -0.25) is 10.1 Å². The summed E-state index contributed by atoms with van der Waals surface area (Å²) in [5, 5.41) is 10.7. The van der Waals surface area contributed by atoms with E-state index in [4.69, 9.17) is 5.73 Å². The van der Waals surface area contributed by atoms with Crippen molar-refractivity contribution in [1.29, 1.82) is 0 Å². The molecule has 2 atom stereocenters. The molecule has 2 unspecified atom stereocenters. The molecule has 1 saturated heterocycles. The monoisotopic (exact) mass is 299 g/mol. The molecule has 1 aromatic carbocycles. The lowest BCUT2D eigenvalue weighted by atomic mass is 10.1. The number of hydrogen-bond acceptors (Lipinski definition) is 5. The fraction of sp³-hybridized carbons (Fsp3) is 0.500. The molecule has 0 aliphatic carbocycles. The first-order valence-corrected chi connectivity index (χ1v) is 7.68. The second-order valence-corrected chi connectivity index (χ2v) is 7.08. The molecule has 1 aliphatic rings. The lowest BCUT2D eigenvalue weighted by Crippen LogP contribution is -2.32. The van der Waals surface area contributed by atoms with Gasteiger partial charge in [0, 0.05) is 31.3 Å². The van der Waals surface area contributed by atoms with Gasteiger partial charge in [0.1, 0.15) is 0 Å². The minimum absolute atomic E-state index is 0.100. The Hall–Kier alpha value is -1.51. The third kappa shape index (κ3) is 2.54. The lowest BCUT2D eigenvalue weighted by molar-refractivity contribution is -0.385. The highest BCUT2D eigenvalue weighted by molar-refractivity contribution is 7.89. The van der Waals surface area contributed by atoms with Gasteiger partial charge in [-0.25, -0.2) is 8.42 Å². The minimum atomic E-state index is -3.65. The highest BCUT2D eigenvalue weighted by Gasteiger charge is 2.36. The fourth-order valence-corrected chi connectivity index (χ4v) is 4.10. The van der Waals surface area contributed by atoms with Crippen molar-refractivity contribution in [3.05, 3.63) is 33.9 Å². The van der Waals surface area contributed by atoms with E-state index >= 15 is 0 Å². The number of non-ortho nitro benzene ring substituents is 1. The third-order valence-corrected chi connectivity index (χ3v) is 5.62. The number of aryl methyl sites for hydroxylation is 1. The van der Waals surface area contributed by atoms with E-state index < -0.39 is 14.9 Å². The van der Waals surface area contributed by atoms with Crippen LogP contribution in [0.1, 0.15) is 12.5 Å². The van der Waals surface area contributed by atoms with Gasteiger partial charge in [0.05, 0.1) is 9.82 Å². The van der Waals surface area contributed by atoms with Crippen molar-refractivity contribution in [3.8, 4) is 0 Å². The fourth-order valence-electron chi connectivity index (χ4n) is 2.32. The van der Waals surface area contributed by atoms with Gasteiger partial charge >= 0.3 is 0 Å². The molecule has 7 nitrogen and oxygen atoms in total. The van der Waals surface area contributed by atoms with Crippen LogP contribution < -0.4 is 5.73 Å². The first kappa shape index (κ1) is 14.9. The molecule has 8 heteroatoms. The zero-order chi connectivity index (χ0) is 15.1. The van der Waals surface area contributed by atoms with Crippen molar-refractivity contribution >= 4 is 15.7 Å². The Labute approximate surface area is 117 Å². The summed E-state index contributed by atoms with van der Waals surface area (Å²) in [5.74, 6) is 0.100. The number of nitro groups is 1. The number of nitrogens with zero attached hydrogens (tertiary/aromatic N) is 2. The van der Waals surface area contributed by atoms with E-state index in [1.165, 1.54) is 22.5 Å². The average Bonchev–Trinajstić information content (AvgIpc) is 2.69. The molecular weight excluding hydrogens is 282 g/mol. The molecular formula is C12H17N3O4S. The van der Waals surface area contributed by atoms with Crippen molar-refractivity contribution in [3.63, 3.8) is 0 Å². The highest BCUT2D eigenvalue weighted by Crippen LogP contribution is 2.27. The van der Waals surface area contributed by atoms with E-state index in [2.05, 4.69) is 0 Å². The first-order chi connectivity index (χ1) is 9.23. The van der Waals surface area contributed by atoms with Gasteiger partial charge < -0.3 is 5.73 Å². The molecule has 0 spiro atoms. The van der Waals surface area contributed by atoms with Gasteiger partial charge in [-0.05, 0) is 24.5 Å². The maximum Gasteiger partial charge on any atom is 0.269 e. The molecule has 0 bridgehead atoms. The van der Waals surface area contributed by atoms with Crippen LogP contribution in [0, 0.1) is 23.0 Å². The summed E-state index contributed by atoms with van der Waals surface area (Å²) in [6.07, 6.45) is 0. The third-order valence-electron chi connectivity index (χ3n) is 3.62. The maximum atomic E-state index is 12.5. The molecule has 110 valence electrons. The van der Waals surface area contributed by atoms with Gasteiger partial charge in [-0.1, -0.05) is 6.92 Å². The predicted octanol–water partition coefficient (Wildman–Crippen LogP) is 0.871. The van der Waals surface area contributed by atoms with Crippen LogP contribution >= 0.6 is 0 Å². The SMILES string of the molecule is Cc1cc([N+](=O)[O-])ccc1S(=O)(=O)N1CC(C)C(N)C1. The summed E-state index contributed by atoms with van der Waals surface area (Å²) in [5.41, 5.74) is 6.10. The molecule has 2 rings (SSSR count). The number of benzene rings is 1. The van der Waals surface area contributed by atoms with Crippen LogP contribution in [0.4, 0.5) is 5.69 Å². The Kier molecular flexibility index (Phi) is 3.81. The molecule has 2 N–H and O–H groups in total. The van der Waals surface area contributed by atoms with E-state index in [1.807, 2.05) is 6.92 Å². The summed E-state index contributed by atoms with van der Waals surface area (Å²) in [6.45, 7) is 4.11. The van der Waals surface area contributed by atoms with Gasteiger partial charge in [0.15, 0.2) is 0 Å². The number of sulfonamides is 1. The van der Waals surface area contributed by atoms with Gasteiger partial charge in [-0.15, -0.1) is 0 Å². The molecule has 0 radical (unpaired) electrons. The normalized spacial score (nSPS) is 23.9. The molecule has 1 aromatic rings. The van der Waals surface area contributed by atoms with Crippen LogP contribution in [0.2, 0.25) is 0 Å². The highest BCUT2D eigenvalue weighted by atomic mass is 32.2. The van der Waals surface area contributed by atoms with E-state index in [9.17, 15) is 18.5 Å². The van der Waals surface area contributed by atoms with Crippen LogP contribution in [0.5, 0.6) is 0 Å². The molecule has 1 fully saturated rings. The van der Waals surface area contributed by atoms with Gasteiger partial charge in [0.25, 0.3) is 5.69 Å². The quantitative estimate of drug-likeness (QED) is 0.658. The summed E-state index contributed by atoms with van der Waals surface area (Å²) in [7, 11) is -3.65. The Balaban J connectivity index is 2.38. The average molecular weight is 299 g/mol. The van der Waals surface area contributed by atoms with Crippen molar-refractivity contribution in [2.45, 2.75) is 24.8 Å². The molecule has 1 aliphatic heterocycles. The number of rotatable bonds is 3. The summed E-state index contributed by atoms with van der Waals surface area (Å²) in [6, 6.07) is 3.59. The predicted molar refractivity (Wildman–Crippen MR) is 73.7 cm³/mol. The smallest absolute Gasteiger partial charge is 0.269 e. The molecule has 20 heavy (non-hydrogen) atoms. The van der Waals surface area contributed by atoms with Crippen LogP contribution in [-0.4, -0.2) is 36.8 Å². The summed E-state index contributed by atoms with van der Waals surface area (Å²) >= 11 is 0. The maximum absolute atomic E-state index is 12.5. The second-order valence-electron chi connectivity index (χ2n) is 5.17. The lowest BCUT2D eigenvalue weighted by Gasteiger charge is -2.17. The standard InChI is InChI=1S/C12H17N3O4S/c1-8-5-10(15(16)17)3-4-12(8)20(18,19)14-6-9(2)11(13)7-14/h3-5,9,11H,6-7,13H2,1-2H3. The molecule has 1 heterocycles. The molecule has 0 amide bonds. The van der Waals surface area contributed by atoms with Crippen LogP contribution in [0.3, 0.4) is 0 Å². The molecule has 0 aromatic heterocycles. The van der Waals surface area contributed by atoms with Crippen LogP contribution in [0.15, 0.2) is 23.1 Å². The van der Waals surface area contributed by atoms with E-state index in [0.717, 1.165) is 0 Å². The Morgan fingerprint density at radius 1 is 1.40 bits per heavy atom. The van der Waals surface area contributed by atoms with Crippen molar-refractivity contribution in [2.24, 2.45) is 11.7 Å². The van der Waals surface area contributed by atoms with Crippen molar-refractivity contribution in [2.75, 3.05) is 13.1 Å².